The van der Waals surface area contributed by atoms with Gasteiger partial charge >= 0.3 is 0 Å². The summed E-state index contributed by atoms with van der Waals surface area (Å²) in [6, 6.07) is 16.9. The van der Waals surface area contributed by atoms with Crippen LogP contribution in [0, 0.1) is 6.92 Å². The number of rotatable bonds is 7. The molecular formula is C23H29NOS. The fourth-order valence-electron chi connectivity index (χ4n) is 2.56. The van der Waals surface area contributed by atoms with Crippen molar-refractivity contribution in [2.24, 2.45) is 0 Å². The third kappa shape index (κ3) is 7.09. The van der Waals surface area contributed by atoms with Crippen LogP contribution in [0.4, 0.5) is 0 Å². The summed E-state index contributed by atoms with van der Waals surface area (Å²) in [7, 11) is 0. The number of benzene rings is 2. The standard InChI is InChI=1S/C23H29NOS/c1-18-6-5-7-20(16-18)17-26-15-14-24-22(25)13-10-19-8-11-21(12-9-19)23(2,3)4/h5-13,16H,14-15,17H2,1-4H3,(H,24,25)/b13-10+. The monoisotopic (exact) mass is 367 g/mol. The minimum Gasteiger partial charge on any atom is -0.352 e. The summed E-state index contributed by atoms with van der Waals surface area (Å²) in [6.45, 7) is 9.38. The Morgan fingerprint density at radius 2 is 1.85 bits per heavy atom. The van der Waals surface area contributed by atoms with E-state index in [0.29, 0.717) is 6.54 Å². The van der Waals surface area contributed by atoms with E-state index in [9.17, 15) is 4.79 Å². The van der Waals surface area contributed by atoms with Gasteiger partial charge in [0.05, 0.1) is 0 Å². The molecular weight excluding hydrogens is 338 g/mol. The number of carbonyl (C=O) groups is 1. The summed E-state index contributed by atoms with van der Waals surface area (Å²) in [6.07, 6.45) is 3.47. The first-order chi connectivity index (χ1) is 12.3. The van der Waals surface area contributed by atoms with Gasteiger partial charge in [0.15, 0.2) is 0 Å². The Morgan fingerprint density at radius 1 is 1.12 bits per heavy atom. The zero-order chi connectivity index (χ0) is 19.0. The third-order valence-electron chi connectivity index (χ3n) is 4.10. The van der Waals surface area contributed by atoms with Crippen molar-refractivity contribution < 1.29 is 4.79 Å². The maximum atomic E-state index is 11.9. The molecule has 3 heteroatoms. The number of hydrogen-bond donors (Lipinski definition) is 1. The van der Waals surface area contributed by atoms with E-state index in [1.165, 1.54) is 16.7 Å². The van der Waals surface area contributed by atoms with Crippen LogP contribution in [0.25, 0.3) is 6.08 Å². The van der Waals surface area contributed by atoms with Gasteiger partial charge in [-0.1, -0.05) is 74.9 Å². The van der Waals surface area contributed by atoms with Gasteiger partial charge in [-0.2, -0.15) is 11.8 Å². The molecule has 26 heavy (non-hydrogen) atoms. The largest absolute Gasteiger partial charge is 0.352 e. The van der Waals surface area contributed by atoms with Gasteiger partial charge in [-0.3, -0.25) is 4.79 Å². The predicted octanol–water partition coefficient (Wildman–Crippen LogP) is 5.36. The van der Waals surface area contributed by atoms with Crippen molar-refractivity contribution in [3.8, 4) is 0 Å². The fourth-order valence-corrected chi connectivity index (χ4v) is 3.37. The van der Waals surface area contributed by atoms with Crippen LogP contribution in [0.5, 0.6) is 0 Å². The molecule has 0 unspecified atom stereocenters. The van der Waals surface area contributed by atoms with Crippen LogP contribution in [0.3, 0.4) is 0 Å². The van der Waals surface area contributed by atoms with Crippen LogP contribution in [0.2, 0.25) is 0 Å². The quantitative estimate of drug-likeness (QED) is 0.527. The highest BCUT2D eigenvalue weighted by molar-refractivity contribution is 7.98. The van der Waals surface area contributed by atoms with Crippen molar-refractivity contribution in [3.63, 3.8) is 0 Å². The Hall–Kier alpha value is -2.00. The first-order valence-corrected chi connectivity index (χ1v) is 10.2. The van der Waals surface area contributed by atoms with Crippen molar-refractivity contribution >= 4 is 23.7 Å². The molecule has 0 saturated heterocycles. The molecule has 0 saturated carbocycles. The number of hydrogen-bond acceptors (Lipinski definition) is 2. The zero-order valence-corrected chi connectivity index (χ0v) is 17.0. The number of thioether (sulfide) groups is 1. The molecule has 2 nitrogen and oxygen atoms in total. The molecule has 0 aliphatic heterocycles. The summed E-state index contributed by atoms with van der Waals surface area (Å²) in [5.41, 5.74) is 5.11. The average molecular weight is 368 g/mol. The zero-order valence-electron chi connectivity index (χ0n) is 16.2. The molecule has 138 valence electrons. The summed E-state index contributed by atoms with van der Waals surface area (Å²) in [5.74, 6) is 1.85. The molecule has 0 aliphatic carbocycles. The molecule has 2 aromatic rings. The Bertz CT molecular complexity index is 742. The molecule has 0 bridgehead atoms. The molecule has 0 fully saturated rings. The first kappa shape index (κ1) is 20.3. The summed E-state index contributed by atoms with van der Waals surface area (Å²) in [4.78, 5) is 11.9. The van der Waals surface area contributed by atoms with E-state index in [2.05, 4.69) is 81.5 Å². The second-order valence-corrected chi connectivity index (χ2v) is 8.64. The van der Waals surface area contributed by atoms with Gasteiger partial charge in [-0.25, -0.2) is 0 Å². The van der Waals surface area contributed by atoms with Gasteiger partial charge < -0.3 is 5.32 Å². The van der Waals surface area contributed by atoms with Crippen LogP contribution in [-0.2, 0) is 16.0 Å². The Kier molecular flexibility index (Phi) is 7.52. The number of amides is 1. The minimum atomic E-state index is -0.0407. The van der Waals surface area contributed by atoms with Gasteiger partial charge in [0.25, 0.3) is 0 Å². The molecule has 0 heterocycles. The lowest BCUT2D eigenvalue weighted by Gasteiger charge is -2.18. The molecule has 0 spiro atoms. The maximum Gasteiger partial charge on any atom is 0.244 e. The number of carbonyl (C=O) groups excluding carboxylic acids is 1. The van der Waals surface area contributed by atoms with E-state index in [4.69, 9.17) is 0 Å². The van der Waals surface area contributed by atoms with E-state index in [1.54, 1.807) is 6.08 Å². The Labute approximate surface area is 162 Å². The summed E-state index contributed by atoms with van der Waals surface area (Å²) >= 11 is 1.84. The smallest absolute Gasteiger partial charge is 0.244 e. The number of aryl methyl sites for hydroxylation is 1. The highest BCUT2D eigenvalue weighted by Crippen LogP contribution is 2.22. The molecule has 0 radical (unpaired) electrons. The summed E-state index contributed by atoms with van der Waals surface area (Å²) < 4.78 is 0. The lowest BCUT2D eigenvalue weighted by Crippen LogP contribution is -2.23. The lowest BCUT2D eigenvalue weighted by atomic mass is 9.87. The maximum absolute atomic E-state index is 11.9. The Morgan fingerprint density at radius 3 is 2.50 bits per heavy atom. The second kappa shape index (κ2) is 9.63. The van der Waals surface area contributed by atoms with E-state index in [1.807, 2.05) is 17.8 Å². The van der Waals surface area contributed by atoms with Crippen molar-refractivity contribution in [2.75, 3.05) is 12.3 Å². The van der Waals surface area contributed by atoms with E-state index >= 15 is 0 Å². The predicted molar refractivity (Wildman–Crippen MR) is 115 cm³/mol. The van der Waals surface area contributed by atoms with Crippen molar-refractivity contribution in [2.45, 2.75) is 38.9 Å². The second-order valence-electron chi connectivity index (χ2n) is 7.54. The van der Waals surface area contributed by atoms with Crippen LogP contribution >= 0.6 is 11.8 Å². The molecule has 1 N–H and O–H groups in total. The van der Waals surface area contributed by atoms with E-state index in [0.717, 1.165) is 17.1 Å². The number of nitrogens with one attached hydrogen (secondary N) is 1. The van der Waals surface area contributed by atoms with E-state index < -0.39 is 0 Å². The van der Waals surface area contributed by atoms with Crippen LogP contribution in [-0.4, -0.2) is 18.2 Å². The molecule has 2 aromatic carbocycles. The lowest BCUT2D eigenvalue weighted by molar-refractivity contribution is -0.116. The van der Waals surface area contributed by atoms with Crippen LogP contribution in [0.1, 0.15) is 43.0 Å². The molecule has 0 aliphatic rings. The topological polar surface area (TPSA) is 29.1 Å². The van der Waals surface area contributed by atoms with Gasteiger partial charge in [-0.15, -0.1) is 0 Å². The normalized spacial score (nSPS) is 11.7. The third-order valence-corrected chi connectivity index (χ3v) is 5.13. The average Bonchev–Trinajstić information content (AvgIpc) is 2.59. The highest BCUT2D eigenvalue weighted by Gasteiger charge is 2.12. The van der Waals surface area contributed by atoms with Crippen LogP contribution in [0.15, 0.2) is 54.6 Å². The minimum absolute atomic E-state index is 0.0407. The van der Waals surface area contributed by atoms with Gasteiger partial charge in [0.1, 0.15) is 0 Å². The van der Waals surface area contributed by atoms with Gasteiger partial charge in [0, 0.05) is 24.1 Å². The fraction of sp³-hybridized carbons (Fsp3) is 0.348. The molecule has 0 atom stereocenters. The molecule has 1 amide bonds. The highest BCUT2D eigenvalue weighted by atomic mass is 32.2. The van der Waals surface area contributed by atoms with E-state index in [-0.39, 0.29) is 11.3 Å². The molecule has 2 rings (SSSR count). The van der Waals surface area contributed by atoms with Crippen molar-refractivity contribution in [3.05, 3.63) is 76.9 Å². The Balaban J connectivity index is 1.69. The van der Waals surface area contributed by atoms with Crippen LogP contribution < -0.4 is 5.32 Å². The van der Waals surface area contributed by atoms with Crippen molar-refractivity contribution in [1.29, 1.82) is 0 Å². The van der Waals surface area contributed by atoms with Gasteiger partial charge in [-0.05, 0) is 35.1 Å². The molecule has 0 aromatic heterocycles. The first-order valence-electron chi connectivity index (χ1n) is 9.04. The SMILES string of the molecule is Cc1cccc(CSCCNC(=O)/C=C/c2ccc(C(C)(C)C)cc2)c1. The summed E-state index contributed by atoms with van der Waals surface area (Å²) in [5, 5.41) is 2.94. The van der Waals surface area contributed by atoms with Gasteiger partial charge in [0.2, 0.25) is 5.91 Å². The van der Waals surface area contributed by atoms with Crippen molar-refractivity contribution in [1.82, 2.24) is 5.32 Å².